The number of imidazole rings is 1. The van der Waals surface area contributed by atoms with E-state index in [2.05, 4.69) is 35.6 Å². The summed E-state index contributed by atoms with van der Waals surface area (Å²) in [5, 5.41) is 15.4. The van der Waals surface area contributed by atoms with Gasteiger partial charge in [0, 0.05) is 75.0 Å². The number of H-pyrrole nitrogens is 1. The number of aromatic nitrogens is 2. The summed E-state index contributed by atoms with van der Waals surface area (Å²) < 4.78 is 0. The molecule has 1 aromatic heterocycles. The van der Waals surface area contributed by atoms with Crippen LogP contribution in [0.1, 0.15) is 82.9 Å². The zero-order valence-corrected chi connectivity index (χ0v) is 35.1. The predicted octanol–water partition coefficient (Wildman–Crippen LogP) is -1.10. The summed E-state index contributed by atoms with van der Waals surface area (Å²) in [4.78, 5) is 100. The van der Waals surface area contributed by atoms with Crippen molar-refractivity contribution in [2.24, 2.45) is 78.8 Å². The minimum absolute atomic E-state index is 0.00220. The molecule has 2 rings (SSSR count). The van der Waals surface area contributed by atoms with Crippen LogP contribution in [-0.2, 0) is 41.6 Å². The van der Waals surface area contributed by atoms with Gasteiger partial charge in [0.05, 0.1) is 24.3 Å². The number of carbonyl (C=O) groups is 6. The minimum Gasteiger partial charge on any atom is -0.508 e. The van der Waals surface area contributed by atoms with Gasteiger partial charge in [-0.3, -0.25) is 43.7 Å². The summed E-state index contributed by atoms with van der Waals surface area (Å²) in [6.07, 6.45) is 3.60. The number of benzene rings is 1. The van der Waals surface area contributed by atoms with Crippen molar-refractivity contribution in [2.75, 3.05) is 19.6 Å². The van der Waals surface area contributed by atoms with Gasteiger partial charge in [-0.15, -0.1) is 0 Å². The number of guanidine groups is 3. The van der Waals surface area contributed by atoms with Gasteiger partial charge in [-0.1, -0.05) is 26.0 Å². The smallest absolute Gasteiger partial charge is 0.224 e. The molecule has 0 saturated carbocycles. The van der Waals surface area contributed by atoms with Gasteiger partial charge in [0.1, 0.15) is 11.5 Å². The van der Waals surface area contributed by atoms with E-state index in [0.29, 0.717) is 17.7 Å². The molecule has 2 aromatic rings. The molecular weight excluding hydrogens is 789 g/mol. The van der Waals surface area contributed by atoms with Gasteiger partial charge in [-0.05, 0) is 62.6 Å². The number of hydrogen-bond donors (Lipinski definition) is 11. The molecule has 61 heavy (non-hydrogen) atoms. The van der Waals surface area contributed by atoms with E-state index in [0.717, 1.165) is 0 Å². The molecule has 0 saturated heterocycles. The summed E-state index contributed by atoms with van der Waals surface area (Å²) in [5.41, 5.74) is 39.6. The Morgan fingerprint density at radius 2 is 1.08 bits per heavy atom. The quantitative estimate of drug-likeness (QED) is 0.0253. The lowest BCUT2D eigenvalue weighted by Gasteiger charge is -2.25. The van der Waals surface area contributed by atoms with E-state index >= 15 is 0 Å². The van der Waals surface area contributed by atoms with Crippen molar-refractivity contribution < 1.29 is 33.9 Å². The van der Waals surface area contributed by atoms with E-state index in [4.69, 9.17) is 40.1 Å². The number of nitrogens with one attached hydrogen (secondary N) is 3. The van der Waals surface area contributed by atoms with Crippen LogP contribution < -0.4 is 50.8 Å². The Kier molecular flexibility index (Phi) is 22.0. The second kappa shape index (κ2) is 26.5. The van der Waals surface area contributed by atoms with Crippen LogP contribution in [0.25, 0.3) is 0 Å². The summed E-state index contributed by atoms with van der Waals surface area (Å²) >= 11 is 0. The molecule has 336 valence electrons. The number of amides is 3. The topological polar surface area (TPSA) is 395 Å². The molecule has 0 bridgehead atoms. The van der Waals surface area contributed by atoms with Gasteiger partial charge in [-0.2, -0.15) is 0 Å². The summed E-state index contributed by atoms with van der Waals surface area (Å²) in [6.45, 7) is 3.97. The summed E-state index contributed by atoms with van der Waals surface area (Å²) in [5.74, 6) is -6.59. The number of phenols is 1. The lowest BCUT2D eigenvalue weighted by Crippen LogP contribution is -2.48. The van der Waals surface area contributed by atoms with E-state index in [1.165, 1.54) is 24.7 Å². The first-order valence-corrected chi connectivity index (χ1v) is 20.3. The van der Waals surface area contributed by atoms with Crippen molar-refractivity contribution in [3.05, 3.63) is 48.0 Å². The second-order valence-electron chi connectivity index (χ2n) is 15.3. The van der Waals surface area contributed by atoms with Gasteiger partial charge in [0.2, 0.25) is 17.7 Å². The van der Waals surface area contributed by atoms with Crippen LogP contribution in [0.2, 0.25) is 0 Å². The number of carbonyl (C=O) groups excluding carboxylic acids is 6. The molecule has 21 heteroatoms. The molecule has 1 aromatic carbocycles. The number of primary amides is 1. The highest BCUT2D eigenvalue weighted by Crippen LogP contribution is 2.21. The summed E-state index contributed by atoms with van der Waals surface area (Å²) in [6, 6.07) is 4.01. The zero-order chi connectivity index (χ0) is 45.5. The number of nitrogens with zero attached hydrogens (tertiary/aromatic N) is 4. The Labute approximate surface area is 355 Å². The molecule has 0 aliphatic heterocycles. The Hall–Kier alpha value is -6.54. The molecule has 3 amide bonds. The predicted molar refractivity (Wildman–Crippen MR) is 231 cm³/mol. The number of rotatable bonds is 30. The third-order valence-corrected chi connectivity index (χ3v) is 9.88. The lowest BCUT2D eigenvalue weighted by atomic mass is 9.88. The van der Waals surface area contributed by atoms with Crippen LogP contribution in [0.3, 0.4) is 0 Å². The fourth-order valence-corrected chi connectivity index (χ4v) is 6.45. The number of phenolic OH excluding ortho intramolecular Hbond substituents is 1. The third-order valence-electron chi connectivity index (χ3n) is 9.88. The molecule has 5 atom stereocenters. The molecule has 0 spiro atoms. The minimum atomic E-state index is -1.12. The molecule has 0 aliphatic rings. The van der Waals surface area contributed by atoms with E-state index in [1.54, 1.807) is 26.0 Å². The molecule has 18 N–H and O–H groups in total. The van der Waals surface area contributed by atoms with Gasteiger partial charge < -0.3 is 60.9 Å². The number of Topliss-reactive ketones (excluding diaryl/α,β-unsaturated/α-hetero) is 3. The van der Waals surface area contributed by atoms with E-state index in [9.17, 15) is 33.9 Å². The SMILES string of the molecule is CC(C)C(=O)C[C@@H](Cc1ccc(O)cc1)C(=O)N[C@@H](CCCN=C(N)N)C(=O)C[C@@H](Cc1cnc[nH]1)C(=O)N[C@@H](CCCN=C(N)N)C(=O)C[C@@H](CCCN=C(N)N)C(N)=O. The Morgan fingerprint density at radius 3 is 1.51 bits per heavy atom. The molecule has 0 fully saturated rings. The van der Waals surface area contributed by atoms with Crippen molar-refractivity contribution in [1.82, 2.24) is 20.6 Å². The monoisotopic (exact) mass is 853 g/mol. The fourth-order valence-electron chi connectivity index (χ4n) is 6.45. The zero-order valence-electron chi connectivity index (χ0n) is 35.1. The Balaban J connectivity index is 2.44. The fraction of sp³-hybridized carbons (Fsp3) is 0.550. The second-order valence-corrected chi connectivity index (χ2v) is 15.3. The molecule has 21 nitrogen and oxygen atoms in total. The maximum atomic E-state index is 14.3. The molecular formula is C40H64N14O7. The molecule has 0 aliphatic carbocycles. The maximum Gasteiger partial charge on any atom is 0.224 e. The molecule has 1 heterocycles. The van der Waals surface area contributed by atoms with Gasteiger partial charge in [-0.25, -0.2) is 4.98 Å². The average molecular weight is 853 g/mol. The van der Waals surface area contributed by atoms with Gasteiger partial charge in [0.15, 0.2) is 29.4 Å². The standard InChI is InChI=1S/C40H64N14O7/c1-23(2)32(56)19-26(16-24-9-11-29(55)12-10-24)36(60)53-31(8-5-15-51-40(46)47)34(58)20-27(17-28-21-48-22-52-28)37(61)54-30(7-4-14-50-39(44)45)33(57)18-25(35(41)59)6-3-13-49-38(42)43/h9-12,21-23,25-27,30-31,55H,3-8,13-20H2,1-2H3,(H2,41,59)(H,48,52)(H,53,60)(H,54,61)(H4,42,43,49)(H4,44,45,50)(H4,46,47,51)/t25-,26-,27-,30+,31+/m1/s1. The first-order chi connectivity index (χ1) is 28.9. The highest BCUT2D eigenvalue weighted by Gasteiger charge is 2.33. The van der Waals surface area contributed by atoms with Crippen molar-refractivity contribution >= 4 is 52.9 Å². The first kappa shape index (κ1) is 50.6. The van der Waals surface area contributed by atoms with E-state index in [1.807, 2.05) is 0 Å². The van der Waals surface area contributed by atoms with Crippen molar-refractivity contribution in [3.8, 4) is 5.75 Å². The summed E-state index contributed by atoms with van der Waals surface area (Å²) in [7, 11) is 0. The number of ketones is 3. The lowest BCUT2D eigenvalue weighted by molar-refractivity contribution is -0.135. The number of aliphatic imine (C=N–C) groups is 3. The maximum absolute atomic E-state index is 14.3. The van der Waals surface area contributed by atoms with Crippen molar-refractivity contribution in [3.63, 3.8) is 0 Å². The van der Waals surface area contributed by atoms with Crippen LogP contribution in [0.15, 0.2) is 51.8 Å². The Bertz CT molecular complexity index is 1820. The number of aromatic hydroxyl groups is 1. The largest absolute Gasteiger partial charge is 0.508 e. The van der Waals surface area contributed by atoms with Gasteiger partial charge >= 0.3 is 0 Å². The first-order valence-electron chi connectivity index (χ1n) is 20.3. The Morgan fingerprint density at radius 1 is 0.639 bits per heavy atom. The van der Waals surface area contributed by atoms with Crippen LogP contribution >= 0.6 is 0 Å². The molecule has 0 unspecified atom stereocenters. The van der Waals surface area contributed by atoms with Crippen LogP contribution in [-0.4, -0.2) is 99.7 Å². The normalized spacial score (nSPS) is 13.4. The third kappa shape index (κ3) is 20.3. The molecule has 0 radical (unpaired) electrons. The van der Waals surface area contributed by atoms with Crippen molar-refractivity contribution in [1.29, 1.82) is 0 Å². The average Bonchev–Trinajstić information content (AvgIpc) is 3.71. The highest BCUT2D eigenvalue weighted by molar-refractivity contribution is 5.96. The number of aromatic amines is 1. The van der Waals surface area contributed by atoms with E-state index < -0.39 is 59.1 Å². The van der Waals surface area contributed by atoms with Crippen LogP contribution in [0, 0.1) is 23.7 Å². The van der Waals surface area contributed by atoms with Crippen LogP contribution in [0.5, 0.6) is 5.75 Å². The van der Waals surface area contributed by atoms with E-state index in [-0.39, 0.29) is 119 Å². The van der Waals surface area contributed by atoms with Gasteiger partial charge in [0.25, 0.3) is 0 Å². The highest BCUT2D eigenvalue weighted by atomic mass is 16.3. The number of nitrogens with two attached hydrogens (primary N) is 7. The number of hydrogen-bond acceptors (Lipinski definition) is 11. The van der Waals surface area contributed by atoms with Crippen LogP contribution in [0.4, 0.5) is 0 Å². The van der Waals surface area contributed by atoms with Crippen molar-refractivity contribution in [2.45, 2.75) is 96.6 Å².